The van der Waals surface area contributed by atoms with Crippen LogP contribution in [-0.4, -0.2) is 24.0 Å². The van der Waals surface area contributed by atoms with Gasteiger partial charge in [0.1, 0.15) is 0 Å². The van der Waals surface area contributed by atoms with E-state index >= 15 is 0 Å². The molecule has 2 rings (SSSR count). The molecule has 1 saturated carbocycles. The summed E-state index contributed by atoms with van der Waals surface area (Å²) in [7, 11) is 0. The van der Waals surface area contributed by atoms with Crippen molar-refractivity contribution >= 4 is 5.91 Å². The van der Waals surface area contributed by atoms with Crippen LogP contribution in [0.1, 0.15) is 59.3 Å². The summed E-state index contributed by atoms with van der Waals surface area (Å²) in [6.45, 7) is 7.58. The van der Waals surface area contributed by atoms with Crippen LogP contribution in [0.25, 0.3) is 0 Å². The van der Waals surface area contributed by atoms with Crippen LogP contribution in [0.4, 0.5) is 0 Å². The summed E-state index contributed by atoms with van der Waals surface area (Å²) in [6.07, 6.45) is 6.99. The Morgan fingerprint density at radius 1 is 1.39 bits per heavy atom. The van der Waals surface area contributed by atoms with Gasteiger partial charge in [-0.25, -0.2) is 0 Å². The van der Waals surface area contributed by atoms with Gasteiger partial charge in [0.2, 0.25) is 5.91 Å². The van der Waals surface area contributed by atoms with E-state index in [1.165, 1.54) is 19.3 Å². The van der Waals surface area contributed by atoms with Crippen LogP contribution in [0.3, 0.4) is 0 Å². The fraction of sp³-hybridized carbons (Fsp3) is 0.933. The van der Waals surface area contributed by atoms with E-state index in [0.717, 1.165) is 31.7 Å². The Hall–Kier alpha value is -0.570. The Kier molecular flexibility index (Phi) is 4.31. The van der Waals surface area contributed by atoms with Crippen LogP contribution >= 0.6 is 0 Å². The first kappa shape index (κ1) is 13.9. The first-order valence-electron chi connectivity index (χ1n) is 7.63. The summed E-state index contributed by atoms with van der Waals surface area (Å²) >= 11 is 0. The van der Waals surface area contributed by atoms with Crippen LogP contribution in [0.5, 0.6) is 0 Å². The maximum Gasteiger partial charge on any atom is 0.240 e. The molecule has 4 unspecified atom stereocenters. The summed E-state index contributed by atoms with van der Waals surface area (Å²) < 4.78 is 0. The molecule has 0 aromatic heterocycles. The molecule has 2 fully saturated rings. The minimum Gasteiger partial charge on any atom is -0.351 e. The number of hydrogen-bond donors (Lipinski definition) is 2. The molecule has 1 aliphatic carbocycles. The van der Waals surface area contributed by atoms with E-state index in [4.69, 9.17) is 0 Å². The zero-order valence-corrected chi connectivity index (χ0v) is 12.1. The van der Waals surface area contributed by atoms with E-state index < -0.39 is 0 Å². The third kappa shape index (κ3) is 2.71. The van der Waals surface area contributed by atoms with Gasteiger partial charge in [0.05, 0.1) is 5.54 Å². The predicted octanol–water partition coefficient (Wildman–Crippen LogP) is 2.46. The molecule has 1 heterocycles. The third-order valence-electron chi connectivity index (χ3n) is 5.19. The molecule has 1 aliphatic heterocycles. The standard InChI is InChI=1S/C15H28N2O/c1-4-12-7-8-13(11(12)2)17-14(18)15(3)9-5-6-10-16-15/h11-13,16H,4-10H2,1-3H3,(H,17,18). The second-order valence-electron chi connectivity index (χ2n) is 6.40. The number of carbonyl (C=O) groups is 1. The average molecular weight is 252 g/mol. The molecule has 18 heavy (non-hydrogen) atoms. The molecular weight excluding hydrogens is 224 g/mol. The van der Waals surface area contributed by atoms with Crippen molar-refractivity contribution in [2.45, 2.75) is 70.9 Å². The highest BCUT2D eigenvalue weighted by molar-refractivity contribution is 5.86. The fourth-order valence-corrected chi connectivity index (χ4v) is 3.61. The van der Waals surface area contributed by atoms with E-state index in [2.05, 4.69) is 31.4 Å². The van der Waals surface area contributed by atoms with Gasteiger partial charge in [-0.15, -0.1) is 0 Å². The lowest BCUT2D eigenvalue weighted by molar-refractivity contribution is -0.128. The second kappa shape index (κ2) is 5.60. The molecule has 2 N–H and O–H groups in total. The summed E-state index contributed by atoms with van der Waals surface area (Å²) in [5, 5.41) is 6.70. The SMILES string of the molecule is CCC1CCC(NC(=O)C2(C)CCCCN2)C1C. The number of piperidine rings is 1. The van der Waals surface area contributed by atoms with Crippen LogP contribution in [0.15, 0.2) is 0 Å². The molecule has 4 atom stereocenters. The smallest absolute Gasteiger partial charge is 0.240 e. The highest BCUT2D eigenvalue weighted by atomic mass is 16.2. The van der Waals surface area contributed by atoms with Crippen molar-refractivity contribution in [3.8, 4) is 0 Å². The monoisotopic (exact) mass is 252 g/mol. The fourth-order valence-electron chi connectivity index (χ4n) is 3.61. The molecule has 0 radical (unpaired) electrons. The van der Waals surface area contributed by atoms with Crippen molar-refractivity contribution in [3.63, 3.8) is 0 Å². The van der Waals surface area contributed by atoms with Crippen LogP contribution < -0.4 is 10.6 Å². The van der Waals surface area contributed by atoms with Gasteiger partial charge in [-0.1, -0.05) is 20.3 Å². The van der Waals surface area contributed by atoms with Gasteiger partial charge in [-0.2, -0.15) is 0 Å². The minimum atomic E-state index is -0.331. The normalized spacial score (nSPS) is 40.7. The van der Waals surface area contributed by atoms with E-state index in [1.807, 2.05) is 0 Å². The molecule has 0 aromatic carbocycles. The molecule has 104 valence electrons. The highest BCUT2D eigenvalue weighted by Gasteiger charge is 2.38. The third-order valence-corrected chi connectivity index (χ3v) is 5.19. The number of hydrogen-bond acceptors (Lipinski definition) is 2. The Bertz CT molecular complexity index is 297. The number of amides is 1. The van der Waals surface area contributed by atoms with Gasteiger partial charge in [0.15, 0.2) is 0 Å². The molecule has 0 bridgehead atoms. The van der Waals surface area contributed by atoms with Crippen molar-refractivity contribution in [1.82, 2.24) is 10.6 Å². The molecule has 0 spiro atoms. The van der Waals surface area contributed by atoms with Crippen molar-refractivity contribution < 1.29 is 4.79 Å². The zero-order valence-electron chi connectivity index (χ0n) is 12.1. The van der Waals surface area contributed by atoms with E-state index in [0.29, 0.717) is 12.0 Å². The van der Waals surface area contributed by atoms with E-state index in [-0.39, 0.29) is 11.4 Å². The van der Waals surface area contributed by atoms with Gasteiger partial charge >= 0.3 is 0 Å². The highest BCUT2D eigenvalue weighted by Crippen LogP contribution is 2.34. The molecule has 2 aliphatic rings. The van der Waals surface area contributed by atoms with Gasteiger partial charge in [0, 0.05) is 6.04 Å². The Labute approximate surface area is 111 Å². The average Bonchev–Trinajstić information content (AvgIpc) is 2.71. The number of nitrogens with one attached hydrogen (secondary N) is 2. The van der Waals surface area contributed by atoms with Gasteiger partial charge in [0.25, 0.3) is 0 Å². The topological polar surface area (TPSA) is 41.1 Å². The maximum atomic E-state index is 12.4. The predicted molar refractivity (Wildman–Crippen MR) is 74.4 cm³/mol. The van der Waals surface area contributed by atoms with Crippen molar-refractivity contribution in [3.05, 3.63) is 0 Å². The van der Waals surface area contributed by atoms with Gasteiger partial charge in [-0.05, 0) is 57.4 Å². The number of carbonyl (C=O) groups excluding carboxylic acids is 1. The molecule has 1 amide bonds. The summed E-state index contributed by atoms with van der Waals surface area (Å²) in [4.78, 5) is 12.4. The van der Waals surface area contributed by atoms with Gasteiger partial charge < -0.3 is 10.6 Å². The second-order valence-corrected chi connectivity index (χ2v) is 6.40. The van der Waals surface area contributed by atoms with Crippen LogP contribution in [-0.2, 0) is 4.79 Å². The van der Waals surface area contributed by atoms with Gasteiger partial charge in [-0.3, -0.25) is 4.79 Å². The Morgan fingerprint density at radius 2 is 2.17 bits per heavy atom. The summed E-state index contributed by atoms with van der Waals surface area (Å²) in [5.41, 5.74) is -0.331. The Morgan fingerprint density at radius 3 is 2.72 bits per heavy atom. The lowest BCUT2D eigenvalue weighted by Crippen LogP contribution is -2.59. The lowest BCUT2D eigenvalue weighted by Gasteiger charge is -2.35. The van der Waals surface area contributed by atoms with Crippen LogP contribution in [0, 0.1) is 11.8 Å². The first-order valence-corrected chi connectivity index (χ1v) is 7.63. The quantitative estimate of drug-likeness (QED) is 0.810. The zero-order chi connectivity index (χ0) is 13.2. The molecule has 0 aromatic rings. The molecule has 3 heteroatoms. The lowest BCUT2D eigenvalue weighted by atomic mass is 9.88. The molecule has 3 nitrogen and oxygen atoms in total. The summed E-state index contributed by atoms with van der Waals surface area (Å²) in [6, 6.07) is 0.392. The van der Waals surface area contributed by atoms with E-state index in [9.17, 15) is 4.79 Å². The van der Waals surface area contributed by atoms with Crippen molar-refractivity contribution in [1.29, 1.82) is 0 Å². The van der Waals surface area contributed by atoms with Crippen LogP contribution in [0.2, 0.25) is 0 Å². The molecule has 1 saturated heterocycles. The van der Waals surface area contributed by atoms with Crippen molar-refractivity contribution in [2.24, 2.45) is 11.8 Å². The molecular formula is C15H28N2O. The first-order chi connectivity index (χ1) is 8.57. The number of rotatable bonds is 3. The Balaban J connectivity index is 1.91. The summed E-state index contributed by atoms with van der Waals surface area (Å²) in [5.74, 6) is 1.64. The maximum absolute atomic E-state index is 12.4. The largest absolute Gasteiger partial charge is 0.351 e. The minimum absolute atomic E-state index is 0.218. The van der Waals surface area contributed by atoms with Crippen molar-refractivity contribution in [2.75, 3.05) is 6.54 Å². The van der Waals surface area contributed by atoms with E-state index in [1.54, 1.807) is 0 Å².